The van der Waals surface area contributed by atoms with Crippen molar-refractivity contribution in [2.24, 2.45) is 0 Å². The number of rotatable bonds is 8. The molecule has 0 aromatic heterocycles. The molecule has 1 aromatic carbocycles. The number of amides is 1. The summed E-state index contributed by atoms with van der Waals surface area (Å²) in [4.78, 5) is 14.2. The third-order valence-corrected chi connectivity index (χ3v) is 4.82. The summed E-state index contributed by atoms with van der Waals surface area (Å²) in [5.41, 5.74) is 2.37. The summed E-state index contributed by atoms with van der Waals surface area (Å²) in [6, 6.07) is 5.68. The lowest BCUT2D eigenvalue weighted by Crippen LogP contribution is -2.42. The first-order chi connectivity index (χ1) is 11.0. The molecule has 0 fully saturated rings. The SMILES string of the molecule is Cc1cccc(C(C)C)c1N(CC(=O)NCCN(C)C)S(C)(=O)=O. The number of hydrogen-bond donors (Lipinski definition) is 1. The van der Waals surface area contributed by atoms with Crippen LogP contribution >= 0.6 is 0 Å². The van der Waals surface area contributed by atoms with Crippen molar-refractivity contribution in [3.63, 3.8) is 0 Å². The molecular weight excluding hydrogens is 326 g/mol. The Morgan fingerprint density at radius 2 is 1.88 bits per heavy atom. The predicted molar refractivity (Wildman–Crippen MR) is 99.0 cm³/mol. The zero-order valence-electron chi connectivity index (χ0n) is 15.5. The number of nitrogens with one attached hydrogen (secondary N) is 1. The molecule has 0 saturated carbocycles. The Hall–Kier alpha value is -1.60. The number of benzene rings is 1. The molecule has 0 aliphatic rings. The van der Waals surface area contributed by atoms with Gasteiger partial charge in [-0.25, -0.2) is 8.42 Å². The van der Waals surface area contributed by atoms with Gasteiger partial charge in [-0.3, -0.25) is 9.10 Å². The molecule has 0 saturated heterocycles. The van der Waals surface area contributed by atoms with E-state index in [4.69, 9.17) is 0 Å². The summed E-state index contributed by atoms with van der Waals surface area (Å²) in [5, 5.41) is 2.77. The first kappa shape index (κ1) is 20.4. The highest BCUT2D eigenvalue weighted by molar-refractivity contribution is 7.92. The Balaban J connectivity index is 3.11. The van der Waals surface area contributed by atoms with E-state index in [1.165, 1.54) is 4.31 Å². The van der Waals surface area contributed by atoms with Crippen molar-refractivity contribution >= 4 is 21.6 Å². The van der Waals surface area contributed by atoms with E-state index in [0.29, 0.717) is 18.8 Å². The second-order valence-electron chi connectivity index (χ2n) is 6.59. The Morgan fingerprint density at radius 1 is 1.25 bits per heavy atom. The van der Waals surface area contributed by atoms with Crippen LogP contribution in [0.4, 0.5) is 5.69 Å². The van der Waals surface area contributed by atoms with E-state index < -0.39 is 10.0 Å². The maximum atomic E-state index is 12.3. The maximum Gasteiger partial charge on any atom is 0.240 e. The molecule has 0 spiro atoms. The van der Waals surface area contributed by atoms with Gasteiger partial charge in [0.05, 0.1) is 11.9 Å². The van der Waals surface area contributed by atoms with E-state index in [-0.39, 0.29) is 18.4 Å². The lowest BCUT2D eigenvalue weighted by Gasteiger charge is -2.27. The standard InChI is InChI=1S/C17H29N3O3S/c1-13(2)15-9-7-8-14(3)17(15)20(24(6,22)23)12-16(21)18-10-11-19(4)5/h7-9,13H,10-12H2,1-6H3,(H,18,21). The average Bonchev–Trinajstić information content (AvgIpc) is 2.43. The van der Waals surface area contributed by atoms with Crippen LogP contribution in [0, 0.1) is 6.92 Å². The molecule has 24 heavy (non-hydrogen) atoms. The fourth-order valence-electron chi connectivity index (χ4n) is 2.46. The minimum Gasteiger partial charge on any atom is -0.353 e. The van der Waals surface area contributed by atoms with Gasteiger partial charge < -0.3 is 10.2 Å². The molecule has 1 amide bonds. The Morgan fingerprint density at radius 3 is 2.38 bits per heavy atom. The fourth-order valence-corrected chi connectivity index (χ4v) is 3.39. The summed E-state index contributed by atoms with van der Waals surface area (Å²) in [6.45, 7) is 6.85. The number of para-hydroxylation sites is 1. The number of carbonyl (C=O) groups is 1. The molecule has 1 aromatic rings. The second kappa shape index (κ2) is 8.48. The Kier molecular flexibility index (Phi) is 7.23. The van der Waals surface area contributed by atoms with Crippen molar-refractivity contribution < 1.29 is 13.2 Å². The largest absolute Gasteiger partial charge is 0.353 e. The van der Waals surface area contributed by atoms with E-state index >= 15 is 0 Å². The van der Waals surface area contributed by atoms with Gasteiger partial charge in [-0.2, -0.15) is 0 Å². The molecule has 0 unspecified atom stereocenters. The number of hydrogen-bond acceptors (Lipinski definition) is 4. The molecule has 0 aliphatic carbocycles. The molecule has 0 atom stereocenters. The Labute approximate surface area is 145 Å². The van der Waals surface area contributed by atoms with Crippen molar-refractivity contribution in [2.75, 3.05) is 44.3 Å². The fraction of sp³-hybridized carbons (Fsp3) is 0.588. The molecule has 6 nitrogen and oxygen atoms in total. The average molecular weight is 356 g/mol. The van der Waals surface area contributed by atoms with Gasteiger partial charge in [0.25, 0.3) is 0 Å². The number of sulfonamides is 1. The first-order valence-corrected chi connectivity index (χ1v) is 9.87. The van der Waals surface area contributed by atoms with Crippen LogP contribution in [-0.2, 0) is 14.8 Å². The van der Waals surface area contributed by atoms with Crippen molar-refractivity contribution in [3.8, 4) is 0 Å². The van der Waals surface area contributed by atoms with Gasteiger partial charge >= 0.3 is 0 Å². The highest BCUT2D eigenvalue weighted by Crippen LogP contribution is 2.32. The molecule has 0 bridgehead atoms. The number of carbonyl (C=O) groups excluding carboxylic acids is 1. The van der Waals surface area contributed by atoms with Gasteiger partial charge in [0.2, 0.25) is 15.9 Å². The summed E-state index contributed by atoms with van der Waals surface area (Å²) in [5.74, 6) is -0.152. The number of aryl methyl sites for hydroxylation is 1. The maximum absolute atomic E-state index is 12.3. The third kappa shape index (κ3) is 5.79. The van der Waals surface area contributed by atoms with E-state index in [2.05, 4.69) is 5.32 Å². The van der Waals surface area contributed by atoms with Crippen molar-refractivity contribution in [1.29, 1.82) is 0 Å². The second-order valence-corrected chi connectivity index (χ2v) is 8.50. The number of nitrogens with zero attached hydrogens (tertiary/aromatic N) is 2. The monoisotopic (exact) mass is 355 g/mol. The van der Waals surface area contributed by atoms with Gasteiger partial charge in [0, 0.05) is 13.1 Å². The topological polar surface area (TPSA) is 69.7 Å². The van der Waals surface area contributed by atoms with Crippen LogP contribution in [0.3, 0.4) is 0 Å². The highest BCUT2D eigenvalue weighted by atomic mass is 32.2. The minimum absolute atomic E-state index is 0.154. The molecular formula is C17H29N3O3S. The van der Waals surface area contributed by atoms with Gasteiger partial charge in [-0.15, -0.1) is 0 Å². The van der Waals surface area contributed by atoms with Crippen LogP contribution in [0.15, 0.2) is 18.2 Å². The summed E-state index contributed by atoms with van der Waals surface area (Å²) >= 11 is 0. The minimum atomic E-state index is -3.57. The van der Waals surface area contributed by atoms with E-state index in [9.17, 15) is 13.2 Å². The van der Waals surface area contributed by atoms with Crippen LogP contribution < -0.4 is 9.62 Å². The summed E-state index contributed by atoms with van der Waals surface area (Å²) < 4.78 is 25.8. The zero-order valence-corrected chi connectivity index (χ0v) is 16.3. The quantitative estimate of drug-likeness (QED) is 0.768. The summed E-state index contributed by atoms with van der Waals surface area (Å²) in [7, 11) is 0.257. The van der Waals surface area contributed by atoms with Gasteiger partial charge in [0.1, 0.15) is 6.54 Å². The smallest absolute Gasteiger partial charge is 0.240 e. The zero-order chi connectivity index (χ0) is 18.5. The summed E-state index contributed by atoms with van der Waals surface area (Å²) in [6.07, 6.45) is 1.14. The van der Waals surface area contributed by atoms with E-state index in [1.54, 1.807) is 0 Å². The molecule has 1 N–H and O–H groups in total. The highest BCUT2D eigenvalue weighted by Gasteiger charge is 2.25. The van der Waals surface area contributed by atoms with E-state index in [1.807, 2.05) is 58.0 Å². The van der Waals surface area contributed by atoms with Crippen LogP contribution in [0.5, 0.6) is 0 Å². The lowest BCUT2D eigenvalue weighted by atomic mass is 9.98. The normalized spacial score (nSPS) is 11.8. The third-order valence-electron chi connectivity index (χ3n) is 3.71. The van der Waals surface area contributed by atoms with Gasteiger partial charge in [0.15, 0.2) is 0 Å². The predicted octanol–water partition coefficient (Wildman–Crippen LogP) is 1.56. The molecule has 0 radical (unpaired) electrons. The Bertz CT molecular complexity index is 670. The first-order valence-electron chi connectivity index (χ1n) is 8.02. The molecule has 1 rings (SSSR count). The van der Waals surface area contributed by atoms with E-state index in [0.717, 1.165) is 17.4 Å². The van der Waals surface area contributed by atoms with Crippen LogP contribution in [0.25, 0.3) is 0 Å². The van der Waals surface area contributed by atoms with Gasteiger partial charge in [-0.05, 0) is 38.1 Å². The molecule has 7 heteroatoms. The molecule has 136 valence electrons. The van der Waals surface area contributed by atoms with Crippen molar-refractivity contribution in [2.45, 2.75) is 26.7 Å². The van der Waals surface area contributed by atoms with Gasteiger partial charge in [-0.1, -0.05) is 32.0 Å². The number of likely N-dealkylation sites (N-methyl/N-ethyl adjacent to an activating group) is 1. The van der Waals surface area contributed by atoms with Crippen molar-refractivity contribution in [1.82, 2.24) is 10.2 Å². The molecule has 0 heterocycles. The van der Waals surface area contributed by atoms with Crippen LogP contribution in [0.1, 0.15) is 30.9 Å². The molecule has 0 aliphatic heterocycles. The van der Waals surface area contributed by atoms with Crippen LogP contribution in [0.2, 0.25) is 0 Å². The number of anilines is 1. The van der Waals surface area contributed by atoms with Crippen molar-refractivity contribution in [3.05, 3.63) is 29.3 Å². The van der Waals surface area contributed by atoms with Crippen LogP contribution in [-0.4, -0.2) is 59.2 Å². The lowest BCUT2D eigenvalue weighted by molar-refractivity contribution is -0.119.